The number of hydrogen-bond acceptors (Lipinski definition) is 6. The second kappa shape index (κ2) is 11.0. The van der Waals surface area contributed by atoms with Gasteiger partial charge in [0.05, 0.1) is 13.7 Å². The van der Waals surface area contributed by atoms with Crippen molar-refractivity contribution >= 4 is 23.4 Å². The first kappa shape index (κ1) is 22.9. The van der Waals surface area contributed by atoms with Crippen LogP contribution < -0.4 is 30.4 Å². The number of nitrogens with one attached hydrogen (secondary N) is 3. The number of anilines is 1. The fourth-order valence-electron chi connectivity index (χ4n) is 2.78. The smallest absolute Gasteiger partial charge is 0.276 e. The summed E-state index contributed by atoms with van der Waals surface area (Å²) >= 11 is 0. The lowest BCUT2D eigenvalue weighted by molar-refractivity contribution is -0.123. The van der Waals surface area contributed by atoms with Crippen LogP contribution in [0.4, 0.5) is 5.69 Å². The summed E-state index contributed by atoms with van der Waals surface area (Å²) in [6.45, 7) is 2.21. The molecule has 2 aromatic rings. The van der Waals surface area contributed by atoms with E-state index in [-0.39, 0.29) is 18.4 Å². The number of amides is 3. The highest BCUT2D eigenvalue weighted by Gasteiger charge is 2.29. The van der Waals surface area contributed by atoms with E-state index < -0.39 is 11.8 Å². The Bertz CT molecular complexity index is 974. The number of methoxy groups -OCH3 is 1. The number of hydrogen-bond donors (Lipinski definition) is 3. The Hall–Kier alpha value is -3.75. The normalized spacial score (nSPS) is 12.4. The zero-order valence-electron chi connectivity index (χ0n) is 18.1. The van der Waals surface area contributed by atoms with Crippen molar-refractivity contribution in [2.24, 2.45) is 5.92 Å². The molecule has 1 saturated carbocycles. The van der Waals surface area contributed by atoms with Crippen LogP contribution in [0.5, 0.6) is 17.2 Å². The summed E-state index contributed by atoms with van der Waals surface area (Å²) in [6, 6.07) is 11.5. The highest BCUT2D eigenvalue weighted by Crippen LogP contribution is 2.30. The summed E-state index contributed by atoms with van der Waals surface area (Å²) in [6.07, 6.45) is 2.67. The van der Waals surface area contributed by atoms with Crippen molar-refractivity contribution in [3.8, 4) is 17.2 Å². The van der Waals surface area contributed by atoms with E-state index in [2.05, 4.69) is 16.2 Å². The average Bonchev–Trinajstić information content (AvgIpc) is 3.65. The lowest BCUT2D eigenvalue weighted by atomic mass is 10.2. The van der Waals surface area contributed by atoms with Crippen LogP contribution in [0, 0.1) is 5.92 Å². The molecule has 0 radical (unpaired) electrons. The molecule has 0 unspecified atom stereocenters. The van der Waals surface area contributed by atoms with Crippen LogP contribution in [0.2, 0.25) is 0 Å². The summed E-state index contributed by atoms with van der Waals surface area (Å²) in [5.41, 5.74) is 5.54. The molecule has 3 N–H and O–H groups in total. The van der Waals surface area contributed by atoms with Gasteiger partial charge in [-0.1, -0.05) is 13.0 Å². The van der Waals surface area contributed by atoms with Gasteiger partial charge in [-0.3, -0.25) is 25.2 Å². The van der Waals surface area contributed by atoms with Gasteiger partial charge in [-0.25, -0.2) is 0 Å². The highest BCUT2D eigenvalue weighted by atomic mass is 16.5. The van der Waals surface area contributed by atoms with Crippen molar-refractivity contribution in [1.29, 1.82) is 0 Å². The van der Waals surface area contributed by atoms with E-state index in [1.165, 1.54) is 13.2 Å². The molecule has 0 aliphatic heterocycles. The molecule has 170 valence electrons. The van der Waals surface area contributed by atoms with E-state index in [1.54, 1.807) is 36.4 Å². The highest BCUT2D eigenvalue weighted by molar-refractivity contribution is 5.96. The second-order valence-corrected chi connectivity index (χ2v) is 7.30. The van der Waals surface area contributed by atoms with Crippen LogP contribution in [-0.2, 0) is 9.59 Å². The Balaban J connectivity index is 1.46. The number of ether oxygens (including phenoxy) is 3. The number of hydrazine groups is 1. The van der Waals surface area contributed by atoms with E-state index in [4.69, 9.17) is 14.2 Å². The van der Waals surface area contributed by atoms with Crippen molar-refractivity contribution in [2.45, 2.75) is 26.2 Å². The number of carbonyl (C=O) groups is 3. The first-order valence-electron chi connectivity index (χ1n) is 10.4. The summed E-state index contributed by atoms with van der Waals surface area (Å²) in [7, 11) is 1.49. The third-order valence-corrected chi connectivity index (χ3v) is 4.62. The maximum absolute atomic E-state index is 12.3. The van der Waals surface area contributed by atoms with Crippen LogP contribution in [0.25, 0.3) is 0 Å². The fraction of sp³-hybridized carbons (Fsp3) is 0.348. The lowest BCUT2D eigenvalue weighted by Gasteiger charge is -2.12. The van der Waals surface area contributed by atoms with Crippen LogP contribution in [0.15, 0.2) is 42.5 Å². The molecule has 0 spiro atoms. The lowest BCUT2D eigenvalue weighted by Crippen LogP contribution is -2.43. The van der Waals surface area contributed by atoms with E-state index in [0.717, 1.165) is 19.3 Å². The largest absolute Gasteiger partial charge is 0.493 e. The Kier molecular flexibility index (Phi) is 7.91. The van der Waals surface area contributed by atoms with E-state index in [9.17, 15) is 14.4 Å². The van der Waals surface area contributed by atoms with Gasteiger partial charge in [-0.15, -0.1) is 0 Å². The fourth-order valence-corrected chi connectivity index (χ4v) is 2.78. The van der Waals surface area contributed by atoms with Crippen molar-refractivity contribution in [1.82, 2.24) is 10.9 Å². The molecule has 9 heteroatoms. The molecule has 32 heavy (non-hydrogen) atoms. The van der Waals surface area contributed by atoms with Gasteiger partial charge in [0.15, 0.2) is 18.1 Å². The molecule has 9 nitrogen and oxygen atoms in total. The topological polar surface area (TPSA) is 115 Å². The van der Waals surface area contributed by atoms with Gasteiger partial charge in [0.1, 0.15) is 5.75 Å². The Labute approximate surface area is 186 Å². The summed E-state index contributed by atoms with van der Waals surface area (Å²) in [5.74, 6) is 0.420. The predicted molar refractivity (Wildman–Crippen MR) is 118 cm³/mol. The zero-order chi connectivity index (χ0) is 22.9. The van der Waals surface area contributed by atoms with Crippen molar-refractivity contribution in [3.63, 3.8) is 0 Å². The summed E-state index contributed by atoms with van der Waals surface area (Å²) < 4.78 is 16.3. The second-order valence-electron chi connectivity index (χ2n) is 7.30. The Morgan fingerprint density at radius 1 is 1.00 bits per heavy atom. The zero-order valence-corrected chi connectivity index (χ0v) is 18.1. The molecule has 1 aliphatic carbocycles. The van der Waals surface area contributed by atoms with Gasteiger partial charge in [-0.05, 0) is 49.6 Å². The predicted octanol–water partition coefficient (Wildman–Crippen LogP) is 2.67. The standard InChI is InChI=1S/C23H27N3O6/c1-3-11-31-19-10-9-16(12-20(19)30-2)23(29)26-25-21(27)14-32-18-6-4-5-17(13-18)24-22(28)15-7-8-15/h4-6,9-10,12-13,15H,3,7-8,11,14H2,1-2H3,(H,24,28)(H,25,27)(H,26,29). The molecule has 1 aliphatic rings. The molecule has 0 bridgehead atoms. The minimum atomic E-state index is -0.541. The quantitative estimate of drug-likeness (QED) is 0.489. The molecule has 1 fully saturated rings. The molecule has 0 heterocycles. The van der Waals surface area contributed by atoms with Crippen molar-refractivity contribution < 1.29 is 28.6 Å². The minimum absolute atomic E-state index is 0.0100. The van der Waals surface area contributed by atoms with E-state index >= 15 is 0 Å². The third-order valence-electron chi connectivity index (χ3n) is 4.62. The molecule has 0 aromatic heterocycles. The van der Waals surface area contributed by atoms with Gasteiger partial charge < -0.3 is 19.5 Å². The van der Waals surface area contributed by atoms with Gasteiger partial charge in [0.2, 0.25) is 5.91 Å². The molecule has 3 rings (SSSR count). The minimum Gasteiger partial charge on any atom is -0.493 e. The van der Waals surface area contributed by atoms with Gasteiger partial charge >= 0.3 is 0 Å². The third kappa shape index (κ3) is 6.63. The van der Waals surface area contributed by atoms with Gasteiger partial charge in [0, 0.05) is 23.2 Å². The van der Waals surface area contributed by atoms with Crippen LogP contribution in [-0.4, -0.2) is 38.0 Å². The van der Waals surface area contributed by atoms with Crippen molar-refractivity contribution in [3.05, 3.63) is 48.0 Å². The van der Waals surface area contributed by atoms with E-state index in [0.29, 0.717) is 35.1 Å². The number of carbonyl (C=O) groups excluding carboxylic acids is 3. The SMILES string of the molecule is CCCOc1ccc(C(=O)NNC(=O)COc2cccc(NC(=O)C3CC3)c2)cc1OC. The number of rotatable bonds is 10. The number of benzene rings is 2. The first-order valence-corrected chi connectivity index (χ1v) is 10.4. The molecule has 3 amide bonds. The summed E-state index contributed by atoms with van der Waals surface area (Å²) in [4.78, 5) is 36.2. The van der Waals surface area contributed by atoms with Crippen LogP contribution in [0.1, 0.15) is 36.5 Å². The Morgan fingerprint density at radius 3 is 2.53 bits per heavy atom. The maximum Gasteiger partial charge on any atom is 0.276 e. The molecular formula is C23H27N3O6. The van der Waals surface area contributed by atoms with Gasteiger partial charge in [-0.2, -0.15) is 0 Å². The molecule has 2 aromatic carbocycles. The average molecular weight is 441 g/mol. The van der Waals surface area contributed by atoms with Gasteiger partial charge in [0.25, 0.3) is 11.8 Å². The van der Waals surface area contributed by atoms with Crippen LogP contribution in [0.3, 0.4) is 0 Å². The molecule has 0 saturated heterocycles. The molecular weight excluding hydrogens is 414 g/mol. The summed E-state index contributed by atoms with van der Waals surface area (Å²) in [5, 5.41) is 2.82. The molecule has 0 atom stereocenters. The van der Waals surface area contributed by atoms with Crippen LogP contribution >= 0.6 is 0 Å². The Morgan fingerprint density at radius 2 is 1.81 bits per heavy atom. The van der Waals surface area contributed by atoms with Crippen molar-refractivity contribution in [2.75, 3.05) is 25.6 Å². The monoisotopic (exact) mass is 441 g/mol. The maximum atomic E-state index is 12.3. The first-order chi connectivity index (χ1) is 15.5. The van der Waals surface area contributed by atoms with E-state index in [1.807, 2.05) is 6.92 Å².